The summed E-state index contributed by atoms with van der Waals surface area (Å²) in [4.78, 5) is 37.6. The van der Waals surface area contributed by atoms with Gasteiger partial charge in [0, 0.05) is 50.6 Å². The van der Waals surface area contributed by atoms with Crippen LogP contribution in [0.25, 0.3) is 44.8 Å². The molecule has 0 saturated carbocycles. The third-order valence-electron chi connectivity index (χ3n) is 6.75. The van der Waals surface area contributed by atoms with Crippen LogP contribution in [-0.4, -0.2) is 79.2 Å². The molecular formula is C26H27FN10O. The summed E-state index contributed by atoms with van der Waals surface area (Å²) in [6.07, 6.45) is 7.44. The van der Waals surface area contributed by atoms with Gasteiger partial charge in [-0.3, -0.25) is 19.9 Å². The Bertz CT molecular complexity index is 1640. The molecule has 12 heteroatoms. The van der Waals surface area contributed by atoms with Gasteiger partial charge in [0.1, 0.15) is 16.9 Å². The summed E-state index contributed by atoms with van der Waals surface area (Å²) >= 11 is 0. The zero-order chi connectivity index (χ0) is 26.2. The quantitative estimate of drug-likeness (QED) is 0.313. The van der Waals surface area contributed by atoms with Crippen molar-refractivity contribution in [1.29, 1.82) is 0 Å². The number of piperazine rings is 1. The summed E-state index contributed by atoms with van der Waals surface area (Å²) in [6, 6.07) is 3.62. The molecule has 3 N–H and O–H groups in total. The van der Waals surface area contributed by atoms with Gasteiger partial charge in [0.05, 0.1) is 34.7 Å². The maximum absolute atomic E-state index is 16.0. The Morgan fingerprint density at radius 3 is 2.79 bits per heavy atom. The van der Waals surface area contributed by atoms with Crippen LogP contribution in [0, 0.1) is 5.82 Å². The number of halogens is 1. The van der Waals surface area contributed by atoms with Crippen molar-refractivity contribution >= 4 is 39.3 Å². The Kier molecular flexibility index (Phi) is 6.16. The van der Waals surface area contributed by atoms with Crippen molar-refractivity contribution in [2.75, 3.05) is 43.4 Å². The van der Waals surface area contributed by atoms with Crippen LogP contribution < -0.4 is 10.2 Å². The summed E-state index contributed by atoms with van der Waals surface area (Å²) < 4.78 is 16.0. The van der Waals surface area contributed by atoms with Crippen LogP contribution in [0.4, 0.5) is 15.8 Å². The minimum absolute atomic E-state index is 0.103. The first-order valence-corrected chi connectivity index (χ1v) is 12.6. The molecule has 1 aliphatic rings. The summed E-state index contributed by atoms with van der Waals surface area (Å²) in [5.41, 5.74) is 4.12. The van der Waals surface area contributed by atoms with E-state index in [0.717, 1.165) is 43.8 Å². The Morgan fingerprint density at radius 2 is 1.97 bits per heavy atom. The van der Waals surface area contributed by atoms with Crippen molar-refractivity contribution in [3.63, 3.8) is 0 Å². The van der Waals surface area contributed by atoms with Crippen LogP contribution in [0.1, 0.15) is 19.8 Å². The van der Waals surface area contributed by atoms with Crippen molar-refractivity contribution < 1.29 is 9.18 Å². The van der Waals surface area contributed by atoms with Gasteiger partial charge in [-0.25, -0.2) is 14.4 Å². The van der Waals surface area contributed by atoms with Gasteiger partial charge in [-0.05, 0) is 25.6 Å². The highest BCUT2D eigenvalue weighted by molar-refractivity contribution is 5.97. The lowest BCUT2D eigenvalue weighted by molar-refractivity contribution is -0.116. The van der Waals surface area contributed by atoms with Crippen LogP contribution in [0.2, 0.25) is 0 Å². The molecule has 194 valence electrons. The maximum Gasteiger partial charge on any atom is 0.224 e. The minimum atomic E-state index is -0.558. The van der Waals surface area contributed by atoms with Crippen molar-refractivity contribution in [2.45, 2.75) is 19.8 Å². The second-order valence-electron chi connectivity index (χ2n) is 9.45. The van der Waals surface area contributed by atoms with E-state index in [2.05, 4.69) is 52.3 Å². The van der Waals surface area contributed by atoms with Gasteiger partial charge in [0.25, 0.3) is 0 Å². The molecule has 0 spiro atoms. The summed E-state index contributed by atoms with van der Waals surface area (Å²) in [5.74, 6) is -0.269. The molecule has 1 amide bonds. The van der Waals surface area contributed by atoms with Crippen LogP contribution in [0.15, 0.2) is 36.9 Å². The molecule has 1 aliphatic heterocycles. The Labute approximate surface area is 217 Å². The van der Waals surface area contributed by atoms with Crippen molar-refractivity contribution in [3.8, 4) is 22.8 Å². The molecule has 0 unspecified atom stereocenters. The number of likely N-dealkylation sites (N-methyl/N-ethyl adjacent to an activating group) is 1. The van der Waals surface area contributed by atoms with E-state index in [-0.39, 0.29) is 17.0 Å². The highest BCUT2D eigenvalue weighted by atomic mass is 19.1. The maximum atomic E-state index is 16.0. The van der Waals surface area contributed by atoms with Gasteiger partial charge >= 0.3 is 0 Å². The fraction of sp³-hybridized carbons (Fsp3) is 0.308. The third-order valence-corrected chi connectivity index (χ3v) is 6.75. The molecule has 6 rings (SSSR count). The van der Waals surface area contributed by atoms with Crippen LogP contribution in [0.5, 0.6) is 0 Å². The van der Waals surface area contributed by atoms with Crippen LogP contribution in [0.3, 0.4) is 0 Å². The Balaban J connectivity index is 1.39. The molecule has 6 heterocycles. The number of hydrogen-bond donors (Lipinski definition) is 3. The van der Waals surface area contributed by atoms with E-state index < -0.39 is 5.82 Å². The van der Waals surface area contributed by atoms with Gasteiger partial charge in [-0.1, -0.05) is 6.92 Å². The fourth-order valence-corrected chi connectivity index (χ4v) is 4.75. The second kappa shape index (κ2) is 9.78. The number of imidazole rings is 1. The molecule has 1 saturated heterocycles. The van der Waals surface area contributed by atoms with Crippen molar-refractivity contribution in [3.05, 3.63) is 42.7 Å². The highest BCUT2D eigenvalue weighted by Gasteiger charge is 2.23. The normalized spacial score (nSPS) is 14.4. The number of carbonyl (C=O) groups excluding carboxylic acids is 1. The number of aromatic amines is 2. The summed E-state index contributed by atoms with van der Waals surface area (Å²) in [5, 5.41) is 10.3. The molecule has 5 aromatic rings. The standard InChI is InChI=1S/C26H27FN10O/c1-3-4-19(38)31-16-11-15(12-28-13-16)22-21(27)20-17(14-30-22)34-35-24(20)26-32-23-18(5-6-29-25(23)33-26)37-9-7-36(2)8-10-37/h5-6,11-14H,3-4,7-10H2,1-2H3,(H,31,38)(H,34,35)(H,29,32,33). The van der Waals surface area contributed by atoms with E-state index in [1.807, 2.05) is 13.0 Å². The number of nitrogens with zero attached hydrogens (tertiary/aromatic N) is 7. The number of carbonyl (C=O) groups is 1. The smallest absolute Gasteiger partial charge is 0.224 e. The zero-order valence-electron chi connectivity index (χ0n) is 21.1. The first kappa shape index (κ1) is 23.9. The van der Waals surface area contributed by atoms with E-state index in [4.69, 9.17) is 4.98 Å². The number of hydrogen-bond acceptors (Lipinski definition) is 8. The van der Waals surface area contributed by atoms with E-state index in [9.17, 15) is 4.79 Å². The van der Waals surface area contributed by atoms with Gasteiger partial charge < -0.3 is 20.1 Å². The molecule has 1 fully saturated rings. The topological polar surface area (TPSA) is 132 Å². The Hall–Kier alpha value is -4.45. The van der Waals surface area contributed by atoms with Gasteiger partial charge in [-0.15, -0.1) is 0 Å². The van der Waals surface area contributed by atoms with E-state index in [1.165, 1.54) is 18.6 Å². The summed E-state index contributed by atoms with van der Waals surface area (Å²) in [6.45, 7) is 5.63. The second-order valence-corrected chi connectivity index (χ2v) is 9.45. The van der Waals surface area contributed by atoms with Gasteiger partial charge in [0.2, 0.25) is 5.91 Å². The highest BCUT2D eigenvalue weighted by Crippen LogP contribution is 2.34. The molecule has 5 aromatic heterocycles. The zero-order valence-corrected chi connectivity index (χ0v) is 21.1. The van der Waals surface area contributed by atoms with Crippen LogP contribution >= 0.6 is 0 Å². The number of anilines is 2. The molecular weight excluding hydrogens is 487 g/mol. The largest absolute Gasteiger partial charge is 0.367 e. The SMILES string of the molecule is CCCC(=O)Nc1cncc(-c2ncc3[nH]nc(-c4nc5c(N6CCN(C)CC6)ccnc5[nH]4)c3c2F)c1. The van der Waals surface area contributed by atoms with E-state index >= 15 is 4.39 Å². The predicted molar refractivity (Wildman–Crippen MR) is 143 cm³/mol. The predicted octanol–water partition coefficient (Wildman–Crippen LogP) is 3.59. The van der Waals surface area contributed by atoms with Crippen molar-refractivity contribution in [1.82, 2.24) is 40.0 Å². The molecule has 0 atom stereocenters. The molecule has 0 aromatic carbocycles. The molecule has 0 radical (unpaired) electrons. The molecule has 0 aliphatic carbocycles. The lowest BCUT2D eigenvalue weighted by Crippen LogP contribution is -2.44. The third kappa shape index (κ3) is 4.32. The Morgan fingerprint density at radius 1 is 1.13 bits per heavy atom. The fourth-order valence-electron chi connectivity index (χ4n) is 4.75. The number of H-pyrrole nitrogens is 2. The number of aromatic nitrogens is 7. The van der Waals surface area contributed by atoms with Gasteiger partial charge in [0.15, 0.2) is 17.3 Å². The first-order chi connectivity index (χ1) is 18.5. The molecule has 11 nitrogen and oxygen atoms in total. The van der Waals surface area contributed by atoms with Crippen molar-refractivity contribution in [2.24, 2.45) is 0 Å². The monoisotopic (exact) mass is 514 g/mol. The lowest BCUT2D eigenvalue weighted by Gasteiger charge is -2.33. The first-order valence-electron chi connectivity index (χ1n) is 12.6. The van der Waals surface area contributed by atoms with E-state index in [0.29, 0.717) is 40.4 Å². The number of amides is 1. The number of nitrogens with one attached hydrogen (secondary N) is 3. The number of rotatable bonds is 6. The number of fused-ring (bicyclic) bond motifs is 2. The lowest BCUT2D eigenvalue weighted by atomic mass is 10.1. The molecule has 0 bridgehead atoms. The van der Waals surface area contributed by atoms with Crippen LogP contribution in [-0.2, 0) is 4.79 Å². The molecule has 38 heavy (non-hydrogen) atoms. The number of pyridine rings is 3. The van der Waals surface area contributed by atoms with Gasteiger partial charge in [-0.2, -0.15) is 5.10 Å². The average molecular weight is 515 g/mol. The summed E-state index contributed by atoms with van der Waals surface area (Å²) in [7, 11) is 2.11. The van der Waals surface area contributed by atoms with E-state index in [1.54, 1.807) is 12.3 Å². The minimum Gasteiger partial charge on any atom is -0.367 e. The average Bonchev–Trinajstić information content (AvgIpc) is 3.54.